The topological polar surface area (TPSA) is 51.0 Å². The van der Waals surface area contributed by atoms with Crippen LogP contribution in [0.25, 0.3) is 0 Å². The molecule has 1 fully saturated rings. The summed E-state index contributed by atoms with van der Waals surface area (Å²) < 4.78 is 1.87. The molecule has 1 aliphatic heterocycles. The zero-order valence-electron chi connectivity index (χ0n) is 10.4. The molecule has 0 unspecified atom stereocenters. The molecular formula is C13H18N4O. The van der Waals surface area contributed by atoms with Gasteiger partial charge in [-0.25, -0.2) is 4.68 Å². The van der Waals surface area contributed by atoms with Crippen molar-refractivity contribution < 1.29 is 4.79 Å². The molecule has 0 aromatic carbocycles. The van der Waals surface area contributed by atoms with Crippen molar-refractivity contribution >= 4 is 5.91 Å². The Morgan fingerprint density at radius 2 is 2.22 bits per heavy atom. The van der Waals surface area contributed by atoms with E-state index in [9.17, 15) is 4.79 Å². The molecule has 1 aromatic rings. The van der Waals surface area contributed by atoms with Gasteiger partial charge < -0.3 is 4.90 Å². The van der Waals surface area contributed by atoms with Crippen LogP contribution in [0.5, 0.6) is 0 Å². The van der Waals surface area contributed by atoms with Crippen LogP contribution in [0.15, 0.2) is 24.5 Å². The number of nitrogens with zero attached hydrogens (tertiary/aromatic N) is 4. The van der Waals surface area contributed by atoms with Crippen molar-refractivity contribution in [3.8, 4) is 0 Å². The Hall–Kier alpha value is -1.65. The number of carbonyl (C=O) groups excluding carboxylic acids is 1. The molecular weight excluding hydrogens is 228 g/mol. The quantitative estimate of drug-likeness (QED) is 0.741. The zero-order valence-corrected chi connectivity index (χ0v) is 10.4. The molecule has 1 aromatic heterocycles. The van der Waals surface area contributed by atoms with Crippen molar-refractivity contribution in [2.75, 3.05) is 13.1 Å². The van der Waals surface area contributed by atoms with Crippen molar-refractivity contribution in [1.82, 2.24) is 19.9 Å². The van der Waals surface area contributed by atoms with E-state index in [1.54, 1.807) is 6.20 Å². The van der Waals surface area contributed by atoms with Gasteiger partial charge in [0.1, 0.15) is 0 Å². The van der Waals surface area contributed by atoms with Crippen LogP contribution in [-0.2, 0) is 4.79 Å². The van der Waals surface area contributed by atoms with Gasteiger partial charge in [-0.3, -0.25) is 4.79 Å². The molecule has 18 heavy (non-hydrogen) atoms. The molecule has 1 saturated heterocycles. The normalized spacial score (nSPS) is 27.7. The lowest BCUT2D eigenvalue weighted by Gasteiger charge is -2.24. The fourth-order valence-corrected chi connectivity index (χ4v) is 2.85. The van der Waals surface area contributed by atoms with Gasteiger partial charge in [0.05, 0.1) is 12.2 Å². The SMILES string of the molecule is O=C([C@@H]1CC=CCC1)N1CC[C@H](n2ccnn2)C1. The predicted molar refractivity (Wildman–Crippen MR) is 66.7 cm³/mol. The highest BCUT2D eigenvalue weighted by atomic mass is 16.2. The van der Waals surface area contributed by atoms with Crippen LogP contribution < -0.4 is 0 Å². The van der Waals surface area contributed by atoms with Gasteiger partial charge in [-0.05, 0) is 25.7 Å². The first-order valence-corrected chi connectivity index (χ1v) is 6.64. The van der Waals surface area contributed by atoms with Gasteiger partial charge in [0.25, 0.3) is 0 Å². The van der Waals surface area contributed by atoms with Crippen molar-refractivity contribution in [1.29, 1.82) is 0 Å². The highest BCUT2D eigenvalue weighted by Gasteiger charge is 2.31. The Labute approximate surface area is 106 Å². The lowest BCUT2D eigenvalue weighted by Crippen LogP contribution is -2.35. The second-order valence-electron chi connectivity index (χ2n) is 5.09. The summed E-state index contributed by atoms with van der Waals surface area (Å²) in [5.74, 6) is 0.520. The largest absolute Gasteiger partial charge is 0.340 e. The van der Waals surface area contributed by atoms with Crippen LogP contribution in [0.2, 0.25) is 0 Å². The number of rotatable bonds is 2. The number of hydrogen-bond donors (Lipinski definition) is 0. The fraction of sp³-hybridized carbons (Fsp3) is 0.615. The van der Waals surface area contributed by atoms with Crippen LogP contribution in [-0.4, -0.2) is 38.9 Å². The third-order valence-electron chi connectivity index (χ3n) is 3.91. The lowest BCUT2D eigenvalue weighted by atomic mass is 9.93. The summed E-state index contributed by atoms with van der Waals surface area (Å²) in [5.41, 5.74) is 0. The Morgan fingerprint density at radius 3 is 2.94 bits per heavy atom. The minimum absolute atomic E-state index is 0.199. The Kier molecular flexibility index (Phi) is 3.13. The van der Waals surface area contributed by atoms with E-state index >= 15 is 0 Å². The van der Waals surface area contributed by atoms with E-state index in [-0.39, 0.29) is 5.92 Å². The summed E-state index contributed by atoms with van der Waals surface area (Å²) in [4.78, 5) is 14.4. The molecule has 0 radical (unpaired) electrons. The minimum atomic E-state index is 0.199. The van der Waals surface area contributed by atoms with Gasteiger partial charge in [0, 0.05) is 25.2 Å². The Bertz CT molecular complexity index is 440. The summed E-state index contributed by atoms with van der Waals surface area (Å²) in [6.45, 7) is 1.63. The summed E-state index contributed by atoms with van der Waals surface area (Å²) >= 11 is 0. The summed E-state index contributed by atoms with van der Waals surface area (Å²) in [6.07, 6.45) is 11.8. The number of likely N-dealkylation sites (tertiary alicyclic amines) is 1. The van der Waals surface area contributed by atoms with Gasteiger partial charge in [-0.15, -0.1) is 5.10 Å². The molecule has 96 valence electrons. The lowest BCUT2D eigenvalue weighted by molar-refractivity contribution is -0.134. The third-order valence-corrected chi connectivity index (χ3v) is 3.91. The van der Waals surface area contributed by atoms with E-state index in [1.807, 2.05) is 15.8 Å². The maximum Gasteiger partial charge on any atom is 0.226 e. The van der Waals surface area contributed by atoms with Gasteiger partial charge in [0.2, 0.25) is 5.91 Å². The average Bonchev–Trinajstić information content (AvgIpc) is 3.09. The highest BCUT2D eigenvalue weighted by molar-refractivity contribution is 5.79. The number of amides is 1. The second-order valence-corrected chi connectivity index (χ2v) is 5.09. The first-order chi connectivity index (χ1) is 8.84. The summed E-state index contributed by atoms with van der Waals surface area (Å²) in [6, 6.07) is 0.301. The van der Waals surface area contributed by atoms with Crippen LogP contribution in [0.4, 0.5) is 0 Å². The monoisotopic (exact) mass is 246 g/mol. The molecule has 5 nitrogen and oxygen atoms in total. The molecule has 1 aliphatic carbocycles. The van der Waals surface area contributed by atoms with Crippen molar-refractivity contribution in [2.45, 2.75) is 31.7 Å². The smallest absolute Gasteiger partial charge is 0.226 e. The van der Waals surface area contributed by atoms with Crippen LogP contribution in [0.3, 0.4) is 0 Å². The highest BCUT2D eigenvalue weighted by Crippen LogP contribution is 2.26. The molecule has 3 rings (SSSR count). The summed E-state index contributed by atoms with van der Waals surface area (Å²) in [5, 5.41) is 7.85. The molecule has 0 bridgehead atoms. The van der Waals surface area contributed by atoms with Gasteiger partial charge >= 0.3 is 0 Å². The van der Waals surface area contributed by atoms with E-state index < -0.39 is 0 Å². The van der Waals surface area contributed by atoms with Gasteiger partial charge in [0.15, 0.2) is 0 Å². The van der Waals surface area contributed by atoms with Crippen LogP contribution in [0, 0.1) is 5.92 Å². The number of aromatic nitrogens is 3. The fourth-order valence-electron chi connectivity index (χ4n) is 2.85. The van der Waals surface area contributed by atoms with E-state index in [0.717, 1.165) is 38.8 Å². The Balaban J connectivity index is 1.61. The molecule has 2 heterocycles. The maximum absolute atomic E-state index is 12.4. The summed E-state index contributed by atoms with van der Waals surface area (Å²) in [7, 11) is 0. The van der Waals surface area contributed by atoms with Gasteiger partial charge in [-0.1, -0.05) is 17.4 Å². The number of allylic oxidation sites excluding steroid dienone is 2. The van der Waals surface area contributed by atoms with E-state index in [2.05, 4.69) is 22.5 Å². The van der Waals surface area contributed by atoms with Crippen molar-refractivity contribution in [2.24, 2.45) is 5.92 Å². The van der Waals surface area contributed by atoms with Crippen LogP contribution >= 0.6 is 0 Å². The average molecular weight is 246 g/mol. The molecule has 0 spiro atoms. The number of hydrogen-bond acceptors (Lipinski definition) is 3. The standard InChI is InChI=1S/C13H18N4O/c18-13(11-4-2-1-3-5-11)16-8-6-12(10-16)17-9-7-14-15-17/h1-2,7,9,11-12H,3-6,8,10H2/t11-,12+/m1/s1. The first kappa shape index (κ1) is 11.4. The van der Waals surface area contributed by atoms with E-state index in [1.165, 1.54) is 0 Å². The zero-order chi connectivity index (χ0) is 12.4. The molecule has 1 amide bonds. The molecule has 0 N–H and O–H groups in total. The van der Waals surface area contributed by atoms with Gasteiger partial charge in [-0.2, -0.15) is 0 Å². The van der Waals surface area contributed by atoms with Crippen molar-refractivity contribution in [3.05, 3.63) is 24.5 Å². The number of carbonyl (C=O) groups is 1. The molecule has 5 heteroatoms. The first-order valence-electron chi connectivity index (χ1n) is 6.64. The van der Waals surface area contributed by atoms with E-state index in [4.69, 9.17) is 0 Å². The predicted octanol–water partition coefficient (Wildman–Crippen LogP) is 1.41. The molecule has 0 saturated carbocycles. The minimum Gasteiger partial charge on any atom is -0.340 e. The van der Waals surface area contributed by atoms with E-state index in [0.29, 0.717) is 11.9 Å². The Morgan fingerprint density at radius 1 is 1.28 bits per heavy atom. The molecule has 2 aliphatic rings. The second kappa shape index (κ2) is 4.92. The molecule has 2 atom stereocenters. The van der Waals surface area contributed by atoms with Crippen molar-refractivity contribution in [3.63, 3.8) is 0 Å². The maximum atomic E-state index is 12.4. The third kappa shape index (κ3) is 2.17. The van der Waals surface area contributed by atoms with Crippen LogP contribution in [0.1, 0.15) is 31.7 Å².